The highest BCUT2D eigenvalue weighted by Gasteiger charge is 2.29. The number of benzene rings is 1. The molecule has 1 saturated heterocycles. The molecule has 1 aliphatic heterocycles. The number of nitrogens with zero attached hydrogens (tertiary/aromatic N) is 2. The molecule has 2 aliphatic rings. The number of rotatable bonds is 2. The first-order chi connectivity index (χ1) is 11.2. The summed E-state index contributed by atoms with van der Waals surface area (Å²) in [6.07, 6.45) is 6.06. The lowest BCUT2D eigenvalue weighted by molar-refractivity contribution is 0.0571. The maximum Gasteiger partial charge on any atom is 0.326 e. The molecule has 1 saturated carbocycles. The molecule has 124 valence electrons. The van der Waals surface area contributed by atoms with Crippen LogP contribution in [0.15, 0.2) is 29.1 Å². The highest BCUT2D eigenvalue weighted by molar-refractivity contribution is 5.75. The lowest BCUT2D eigenvalue weighted by Gasteiger charge is -2.40. The number of H-pyrrole nitrogens is 1. The van der Waals surface area contributed by atoms with E-state index in [0.29, 0.717) is 12.1 Å². The van der Waals surface area contributed by atoms with Crippen molar-refractivity contribution in [1.29, 1.82) is 0 Å². The van der Waals surface area contributed by atoms with Crippen molar-refractivity contribution < 1.29 is 5.11 Å². The Bertz CT molecular complexity index is 719. The Morgan fingerprint density at radius 3 is 2.39 bits per heavy atom. The molecule has 0 bridgehead atoms. The SMILES string of the molecule is O=c1[nH]c2ccccc2n1C1CCN([C@H]2CC[C@H](O)CC2)CC1. The molecule has 1 aliphatic carbocycles. The monoisotopic (exact) mass is 315 g/mol. The van der Waals surface area contributed by atoms with Gasteiger partial charge in [0.2, 0.25) is 0 Å². The third kappa shape index (κ3) is 2.83. The second kappa shape index (κ2) is 6.13. The number of aliphatic hydroxyl groups is 1. The Balaban J connectivity index is 1.47. The molecule has 0 radical (unpaired) electrons. The van der Waals surface area contributed by atoms with E-state index in [2.05, 4.69) is 9.88 Å². The number of fused-ring (bicyclic) bond motifs is 1. The number of hydrogen-bond acceptors (Lipinski definition) is 3. The van der Waals surface area contributed by atoms with Crippen molar-refractivity contribution in [2.45, 2.75) is 56.7 Å². The predicted molar refractivity (Wildman–Crippen MR) is 90.7 cm³/mol. The van der Waals surface area contributed by atoms with Crippen LogP contribution in [-0.4, -0.2) is 44.8 Å². The lowest BCUT2D eigenvalue weighted by atomic mass is 9.90. The minimum Gasteiger partial charge on any atom is -0.393 e. The molecule has 1 aromatic heterocycles. The van der Waals surface area contributed by atoms with Crippen molar-refractivity contribution in [2.75, 3.05) is 13.1 Å². The Labute approximate surface area is 135 Å². The zero-order chi connectivity index (χ0) is 15.8. The number of aliphatic hydroxyl groups excluding tert-OH is 1. The Morgan fingerprint density at radius 2 is 1.65 bits per heavy atom. The van der Waals surface area contributed by atoms with Gasteiger partial charge in [0.1, 0.15) is 0 Å². The van der Waals surface area contributed by atoms with Gasteiger partial charge >= 0.3 is 5.69 Å². The van der Waals surface area contributed by atoms with Gasteiger partial charge in [-0.3, -0.25) is 4.57 Å². The number of piperidine rings is 1. The molecule has 1 aromatic carbocycles. The number of aromatic nitrogens is 2. The molecular formula is C18H25N3O2. The first-order valence-corrected chi connectivity index (χ1v) is 8.84. The summed E-state index contributed by atoms with van der Waals surface area (Å²) in [5.41, 5.74) is 1.98. The van der Waals surface area contributed by atoms with Crippen molar-refractivity contribution in [3.63, 3.8) is 0 Å². The van der Waals surface area contributed by atoms with Crippen LogP contribution in [0.3, 0.4) is 0 Å². The van der Waals surface area contributed by atoms with Crippen LogP contribution in [-0.2, 0) is 0 Å². The summed E-state index contributed by atoms with van der Waals surface area (Å²) in [5.74, 6) is 0. The molecule has 23 heavy (non-hydrogen) atoms. The summed E-state index contributed by atoms with van der Waals surface area (Å²) in [7, 11) is 0. The topological polar surface area (TPSA) is 61.3 Å². The van der Waals surface area contributed by atoms with Gasteiger partial charge in [0.05, 0.1) is 17.1 Å². The fraction of sp³-hybridized carbons (Fsp3) is 0.611. The first-order valence-electron chi connectivity index (χ1n) is 8.84. The van der Waals surface area contributed by atoms with E-state index in [-0.39, 0.29) is 11.8 Å². The van der Waals surface area contributed by atoms with Gasteiger partial charge in [0, 0.05) is 25.2 Å². The molecule has 5 heteroatoms. The normalized spacial score (nSPS) is 27.5. The van der Waals surface area contributed by atoms with Crippen LogP contribution in [0.4, 0.5) is 0 Å². The average molecular weight is 315 g/mol. The number of aromatic amines is 1. The Morgan fingerprint density at radius 1 is 0.957 bits per heavy atom. The Kier molecular flexibility index (Phi) is 3.99. The van der Waals surface area contributed by atoms with E-state index >= 15 is 0 Å². The molecular weight excluding hydrogens is 290 g/mol. The van der Waals surface area contributed by atoms with Crippen LogP contribution in [0.5, 0.6) is 0 Å². The minimum absolute atomic E-state index is 0.0189. The molecule has 0 atom stereocenters. The summed E-state index contributed by atoms with van der Waals surface area (Å²) in [4.78, 5) is 17.9. The van der Waals surface area contributed by atoms with Crippen LogP contribution in [0, 0.1) is 0 Å². The van der Waals surface area contributed by atoms with E-state index in [1.807, 2.05) is 28.8 Å². The highest BCUT2D eigenvalue weighted by atomic mass is 16.3. The van der Waals surface area contributed by atoms with Gasteiger partial charge < -0.3 is 15.0 Å². The number of imidazole rings is 1. The van der Waals surface area contributed by atoms with E-state index in [0.717, 1.165) is 62.6 Å². The zero-order valence-electron chi connectivity index (χ0n) is 13.4. The van der Waals surface area contributed by atoms with E-state index in [4.69, 9.17) is 0 Å². The van der Waals surface area contributed by atoms with Crippen molar-refractivity contribution >= 4 is 11.0 Å². The number of para-hydroxylation sites is 2. The molecule has 0 amide bonds. The summed E-state index contributed by atoms with van der Waals surface area (Å²) in [5, 5.41) is 9.66. The van der Waals surface area contributed by atoms with E-state index < -0.39 is 0 Å². The molecule has 2 heterocycles. The minimum atomic E-state index is -0.0893. The van der Waals surface area contributed by atoms with E-state index in [1.165, 1.54) is 0 Å². The van der Waals surface area contributed by atoms with Crippen LogP contribution < -0.4 is 5.69 Å². The standard InChI is InChI=1S/C18H25N3O2/c22-15-7-5-13(6-8-15)20-11-9-14(10-12-20)21-17-4-2-1-3-16(17)19-18(21)23/h1-4,13-15,22H,5-12H2,(H,19,23)/t13-,15-. The van der Waals surface area contributed by atoms with Gasteiger partial charge in [-0.15, -0.1) is 0 Å². The van der Waals surface area contributed by atoms with E-state index in [9.17, 15) is 9.90 Å². The van der Waals surface area contributed by atoms with Crippen LogP contribution in [0.1, 0.15) is 44.6 Å². The number of nitrogens with one attached hydrogen (secondary N) is 1. The zero-order valence-corrected chi connectivity index (χ0v) is 13.4. The predicted octanol–water partition coefficient (Wildman–Crippen LogP) is 2.27. The van der Waals surface area contributed by atoms with Crippen LogP contribution >= 0.6 is 0 Å². The summed E-state index contributed by atoms with van der Waals surface area (Å²) in [6.45, 7) is 2.11. The Hall–Kier alpha value is -1.59. The molecule has 4 rings (SSSR count). The maximum absolute atomic E-state index is 12.3. The van der Waals surface area contributed by atoms with Crippen molar-refractivity contribution in [1.82, 2.24) is 14.5 Å². The summed E-state index contributed by atoms with van der Waals surface area (Å²) >= 11 is 0. The third-order valence-electron chi connectivity index (χ3n) is 5.67. The number of hydrogen-bond donors (Lipinski definition) is 2. The molecule has 2 aromatic rings. The first kappa shape index (κ1) is 15.0. The van der Waals surface area contributed by atoms with Crippen molar-refractivity contribution in [3.8, 4) is 0 Å². The highest BCUT2D eigenvalue weighted by Crippen LogP contribution is 2.30. The fourth-order valence-electron chi connectivity index (χ4n) is 4.37. The van der Waals surface area contributed by atoms with Gasteiger partial charge in [0.15, 0.2) is 0 Å². The second-order valence-electron chi connectivity index (χ2n) is 7.05. The quantitative estimate of drug-likeness (QED) is 0.894. The second-order valence-corrected chi connectivity index (χ2v) is 7.05. The van der Waals surface area contributed by atoms with Crippen LogP contribution in [0.25, 0.3) is 11.0 Å². The number of likely N-dealkylation sites (tertiary alicyclic amines) is 1. The smallest absolute Gasteiger partial charge is 0.326 e. The average Bonchev–Trinajstić information content (AvgIpc) is 2.91. The molecule has 2 fully saturated rings. The van der Waals surface area contributed by atoms with Gasteiger partial charge in [-0.1, -0.05) is 12.1 Å². The summed E-state index contributed by atoms with van der Waals surface area (Å²) < 4.78 is 1.96. The largest absolute Gasteiger partial charge is 0.393 e. The van der Waals surface area contributed by atoms with Gasteiger partial charge in [-0.2, -0.15) is 0 Å². The maximum atomic E-state index is 12.3. The van der Waals surface area contributed by atoms with E-state index in [1.54, 1.807) is 0 Å². The van der Waals surface area contributed by atoms with Crippen molar-refractivity contribution in [3.05, 3.63) is 34.7 Å². The van der Waals surface area contributed by atoms with Gasteiger partial charge in [-0.25, -0.2) is 4.79 Å². The molecule has 0 spiro atoms. The summed E-state index contributed by atoms with van der Waals surface area (Å²) in [6, 6.07) is 8.87. The molecule has 5 nitrogen and oxygen atoms in total. The third-order valence-corrected chi connectivity index (χ3v) is 5.67. The van der Waals surface area contributed by atoms with Crippen molar-refractivity contribution in [2.24, 2.45) is 0 Å². The van der Waals surface area contributed by atoms with Crippen LogP contribution in [0.2, 0.25) is 0 Å². The molecule has 2 N–H and O–H groups in total. The lowest BCUT2D eigenvalue weighted by Crippen LogP contribution is -2.44. The molecule has 0 unspecified atom stereocenters. The fourth-order valence-corrected chi connectivity index (χ4v) is 4.37. The van der Waals surface area contributed by atoms with Gasteiger partial charge in [-0.05, 0) is 50.7 Å². The van der Waals surface area contributed by atoms with Gasteiger partial charge in [0.25, 0.3) is 0 Å².